The normalized spacial score (nSPS) is 13.7. The lowest BCUT2D eigenvalue weighted by Gasteiger charge is -2.15. The van der Waals surface area contributed by atoms with Crippen LogP contribution in [0.2, 0.25) is 0 Å². The van der Waals surface area contributed by atoms with Gasteiger partial charge in [0.1, 0.15) is 5.82 Å². The number of hydrazine groups is 1. The molecular weight excluding hydrogens is 321 g/mol. The molecule has 0 fully saturated rings. The Bertz CT molecular complexity index is 591. The Hall–Kier alpha value is -1.80. The van der Waals surface area contributed by atoms with Gasteiger partial charge in [-0.2, -0.15) is 0 Å². The highest BCUT2D eigenvalue weighted by molar-refractivity contribution is 9.10. The third-order valence-corrected chi connectivity index (χ3v) is 3.34. The number of rotatable bonds is 3. The molecule has 6 nitrogen and oxygen atoms in total. The van der Waals surface area contributed by atoms with Gasteiger partial charge in [-0.15, -0.1) is 0 Å². The number of anilines is 1. The second-order valence-electron chi connectivity index (χ2n) is 3.89. The summed E-state index contributed by atoms with van der Waals surface area (Å²) < 4.78 is 13.6. The van der Waals surface area contributed by atoms with Crippen molar-refractivity contribution in [2.24, 2.45) is 5.84 Å². The summed E-state index contributed by atoms with van der Waals surface area (Å²) in [7, 11) is 0. The Morgan fingerprint density at radius 1 is 1.42 bits per heavy atom. The SMILES string of the molecule is NNC(=O)CCN1C(=O)C(=O)c2cc(Br)c(F)cc21. The number of ketones is 1. The molecule has 100 valence electrons. The minimum absolute atomic E-state index is 0.0400. The maximum absolute atomic E-state index is 13.5. The molecule has 0 radical (unpaired) electrons. The van der Waals surface area contributed by atoms with Gasteiger partial charge in [0.2, 0.25) is 5.91 Å². The van der Waals surface area contributed by atoms with Crippen LogP contribution in [0.25, 0.3) is 0 Å². The number of carbonyl (C=O) groups is 3. The summed E-state index contributed by atoms with van der Waals surface area (Å²) in [6, 6.07) is 2.34. The van der Waals surface area contributed by atoms with E-state index in [1.54, 1.807) is 0 Å². The third-order valence-electron chi connectivity index (χ3n) is 2.74. The monoisotopic (exact) mass is 329 g/mol. The summed E-state index contributed by atoms with van der Waals surface area (Å²) >= 11 is 2.95. The highest BCUT2D eigenvalue weighted by Gasteiger charge is 2.36. The van der Waals surface area contributed by atoms with Gasteiger partial charge in [0.05, 0.1) is 15.7 Å². The van der Waals surface area contributed by atoms with Crippen LogP contribution in [0.5, 0.6) is 0 Å². The van der Waals surface area contributed by atoms with E-state index in [1.165, 1.54) is 6.07 Å². The molecule has 1 aliphatic rings. The van der Waals surface area contributed by atoms with E-state index in [9.17, 15) is 18.8 Å². The van der Waals surface area contributed by atoms with Gasteiger partial charge >= 0.3 is 0 Å². The fourth-order valence-electron chi connectivity index (χ4n) is 1.80. The highest BCUT2D eigenvalue weighted by atomic mass is 79.9. The molecule has 0 unspecified atom stereocenters. The first-order valence-corrected chi connectivity index (χ1v) is 6.09. The number of hydrogen-bond donors (Lipinski definition) is 2. The topological polar surface area (TPSA) is 92.5 Å². The number of halogens is 2. The van der Waals surface area contributed by atoms with Crippen molar-refractivity contribution < 1.29 is 18.8 Å². The van der Waals surface area contributed by atoms with Crippen LogP contribution in [0.4, 0.5) is 10.1 Å². The largest absolute Gasteiger partial charge is 0.304 e. The predicted octanol–water partition coefficient (Wildman–Crippen LogP) is 0.497. The van der Waals surface area contributed by atoms with E-state index in [1.807, 2.05) is 5.43 Å². The zero-order valence-electron chi connectivity index (χ0n) is 9.57. The van der Waals surface area contributed by atoms with Gasteiger partial charge in [0, 0.05) is 13.0 Å². The van der Waals surface area contributed by atoms with Crippen LogP contribution in [-0.4, -0.2) is 24.1 Å². The number of fused-ring (bicyclic) bond motifs is 1. The second kappa shape index (κ2) is 5.06. The van der Waals surface area contributed by atoms with E-state index in [0.29, 0.717) is 0 Å². The van der Waals surface area contributed by atoms with Crippen molar-refractivity contribution in [2.75, 3.05) is 11.4 Å². The molecule has 1 aliphatic heterocycles. The summed E-state index contributed by atoms with van der Waals surface area (Å²) in [5.74, 6) is 2.35. The molecule has 8 heteroatoms. The van der Waals surface area contributed by atoms with Gasteiger partial charge in [-0.25, -0.2) is 10.2 Å². The first-order chi connectivity index (χ1) is 8.95. The van der Waals surface area contributed by atoms with Crippen LogP contribution in [0.1, 0.15) is 16.8 Å². The van der Waals surface area contributed by atoms with Gasteiger partial charge in [0.15, 0.2) is 0 Å². The van der Waals surface area contributed by atoms with E-state index >= 15 is 0 Å². The van der Waals surface area contributed by atoms with E-state index in [0.717, 1.165) is 11.0 Å². The van der Waals surface area contributed by atoms with E-state index in [-0.39, 0.29) is 28.7 Å². The van der Waals surface area contributed by atoms with E-state index in [2.05, 4.69) is 15.9 Å². The number of hydrogen-bond acceptors (Lipinski definition) is 4. The van der Waals surface area contributed by atoms with Crippen LogP contribution in [-0.2, 0) is 9.59 Å². The molecule has 0 saturated heterocycles. The maximum atomic E-state index is 13.5. The van der Waals surface area contributed by atoms with Crippen LogP contribution in [0.15, 0.2) is 16.6 Å². The predicted molar refractivity (Wildman–Crippen MR) is 67.7 cm³/mol. The number of benzene rings is 1. The summed E-state index contributed by atoms with van der Waals surface area (Å²) in [5.41, 5.74) is 2.20. The fraction of sp³-hybridized carbons (Fsp3) is 0.182. The van der Waals surface area contributed by atoms with Crippen molar-refractivity contribution in [1.82, 2.24) is 5.43 Å². The zero-order valence-corrected chi connectivity index (χ0v) is 11.2. The van der Waals surface area contributed by atoms with Crippen molar-refractivity contribution in [1.29, 1.82) is 0 Å². The van der Waals surface area contributed by atoms with Crippen molar-refractivity contribution in [3.05, 3.63) is 28.0 Å². The number of amides is 2. The molecule has 1 aromatic carbocycles. The van der Waals surface area contributed by atoms with Crippen molar-refractivity contribution in [2.45, 2.75) is 6.42 Å². The van der Waals surface area contributed by atoms with Crippen LogP contribution >= 0.6 is 15.9 Å². The maximum Gasteiger partial charge on any atom is 0.299 e. The Labute approximate surface area is 115 Å². The number of carbonyl (C=O) groups excluding carboxylic acids is 3. The van der Waals surface area contributed by atoms with Crippen LogP contribution in [0, 0.1) is 5.82 Å². The van der Waals surface area contributed by atoms with Crippen molar-refractivity contribution in [3.8, 4) is 0 Å². The molecule has 19 heavy (non-hydrogen) atoms. The Morgan fingerprint density at radius 3 is 2.74 bits per heavy atom. The molecule has 0 aliphatic carbocycles. The zero-order chi connectivity index (χ0) is 14.2. The number of nitrogens with two attached hydrogens (primary N) is 1. The standard InChI is InChI=1S/C11H9BrFN3O3/c12-6-3-5-8(4-7(6)13)16(11(19)10(5)18)2-1-9(17)15-14/h3-4H,1-2,14H2,(H,15,17). The van der Waals surface area contributed by atoms with Crippen molar-refractivity contribution in [3.63, 3.8) is 0 Å². The highest BCUT2D eigenvalue weighted by Crippen LogP contribution is 2.33. The van der Waals surface area contributed by atoms with Gasteiger partial charge in [-0.1, -0.05) is 0 Å². The van der Waals surface area contributed by atoms with Gasteiger partial charge in [-0.05, 0) is 28.1 Å². The summed E-state index contributed by atoms with van der Waals surface area (Å²) in [5, 5.41) is 0. The van der Waals surface area contributed by atoms with Crippen molar-refractivity contribution >= 4 is 39.2 Å². The average molecular weight is 330 g/mol. The van der Waals surface area contributed by atoms with Crippen LogP contribution < -0.4 is 16.2 Å². The summed E-state index contributed by atoms with van der Waals surface area (Å²) in [4.78, 5) is 35.6. The minimum Gasteiger partial charge on any atom is -0.304 e. The lowest BCUT2D eigenvalue weighted by Crippen LogP contribution is -2.36. The minimum atomic E-state index is -0.780. The molecule has 0 bridgehead atoms. The Morgan fingerprint density at radius 2 is 2.11 bits per heavy atom. The molecule has 3 N–H and O–H groups in total. The van der Waals surface area contributed by atoms with Crippen LogP contribution in [0.3, 0.4) is 0 Å². The Balaban J connectivity index is 2.33. The van der Waals surface area contributed by atoms with Gasteiger partial charge in [0.25, 0.3) is 11.7 Å². The summed E-state index contributed by atoms with van der Waals surface area (Å²) in [6.45, 7) is -0.0400. The quantitative estimate of drug-likeness (QED) is 0.365. The second-order valence-corrected chi connectivity index (χ2v) is 4.74. The summed E-state index contributed by atoms with van der Waals surface area (Å²) in [6.07, 6.45) is -0.0767. The molecule has 2 amide bonds. The molecular formula is C11H9BrFN3O3. The van der Waals surface area contributed by atoms with Gasteiger partial charge in [-0.3, -0.25) is 19.8 Å². The first kappa shape index (κ1) is 13.6. The van der Waals surface area contributed by atoms with E-state index < -0.39 is 23.4 Å². The Kier molecular flexibility index (Phi) is 3.63. The molecule has 1 heterocycles. The molecule has 2 rings (SSSR count). The van der Waals surface area contributed by atoms with E-state index in [4.69, 9.17) is 5.84 Å². The first-order valence-electron chi connectivity index (χ1n) is 5.30. The third kappa shape index (κ3) is 2.36. The molecule has 0 saturated carbocycles. The van der Waals surface area contributed by atoms with Gasteiger partial charge < -0.3 is 4.90 Å². The number of nitrogens with one attached hydrogen (secondary N) is 1. The molecule has 1 aromatic rings. The molecule has 0 spiro atoms. The fourth-order valence-corrected chi connectivity index (χ4v) is 2.14. The smallest absolute Gasteiger partial charge is 0.299 e. The lowest BCUT2D eigenvalue weighted by atomic mass is 10.1. The number of Topliss-reactive ketones (excluding diaryl/α,β-unsaturated/α-hetero) is 1. The molecule has 0 atom stereocenters. The lowest BCUT2D eigenvalue weighted by molar-refractivity contribution is -0.121. The molecule has 0 aromatic heterocycles. The average Bonchev–Trinajstić information content (AvgIpc) is 2.61. The number of nitrogens with zero attached hydrogens (tertiary/aromatic N) is 1.